The number of carbonyl (C=O) groups excluding carboxylic acids is 1. The molecule has 202 valence electrons. The van der Waals surface area contributed by atoms with Crippen LogP contribution in [-0.2, 0) is 9.53 Å². The number of unbranched alkanes of at least 4 members (excludes halogenated alkanes) is 11. The summed E-state index contributed by atoms with van der Waals surface area (Å²) in [5.74, 6) is 1.38. The fraction of sp³-hybridized carbons (Fsp3) is 0.781. The predicted octanol–water partition coefficient (Wildman–Crippen LogP) is 10.1. The number of para-hydroxylation sites is 1. The zero-order valence-corrected chi connectivity index (χ0v) is 23.4. The van der Waals surface area contributed by atoms with Gasteiger partial charge >= 0.3 is 5.97 Å². The first-order valence-corrected chi connectivity index (χ1v) is 15.1. The average molecular weight is 489 g/mol. The maximum Gasteiger partial charge on any atom is 0.305 e. The number of rotatable bonds is 23. The number of esters is 1. The summed E-state index contributed by atoms with van der Waals surface area (Å²) >= 11 is 0. The van der Waals surface area contributed by atoms with Crippen molar-refractivity contribution in [1.82, 2.24) is 0 Å². The summed E-state index contributed by atoms with van der Waals surface area (Å²) in [5, 5.41) is 10.4. The van der Waals surface area contributed by atoms with Crippen molar-refractivity contribution in [2.24, 2.45) is 5.92 Å². The Bertz CT molecular complexity index is 627. The number of hydrogen-bond donors (Lipinski definition) is 1. The second kappa shape index (κ2) is 21.7. The molecule has 0 fully saturated rings. The van der Waals surface area contributed by atoms with E-state index in [-0.39, 0.29) is 5.97 Å². The molecular weight excluding hydrogens is 432 g/mol. The largest absolute Gasteiger partial charge is 0.508 e. The van der Waals surface area contributed by atoms with Crippen LogP contribution in [0.3, 0.4) is 0 Å². The van der Waals surface area contributed by atoms with E-state index in [1.54, 1.807) is 0 Å². The number of benzene rings is 1. The lowest BCUT2D eigenvalue weighted by atomic mass is 9.87. The van der Waals surface area contributed by atoms with Crippen molar-refractivity contribution in [2.45, 2.75) is 149 Å². The maximum absolute atomic E-state index is 12.1. The van der Waals surface area contributed by atoms with Crippen molar-refractivity contribution in [2.75, 3.05) is 6.61 Å². The standard InChI is InChI=1S/C32H56O3/c1-4-7-9-10-11-12-13-16-22-29(30-24-19-20-25-31(30)33)23-17-14-15-18-26-32(34)35-27-28(6-3)21-8-5-2/h19-20,24-25,28-29,33H,4-18,21-23,26-27H2,1-3H3. The van der Waals surface area contributed by atoms with E-state index in [1.165, 1.54) is 64.2 Å². The van der Waals surface area contributed by atoms with E-state index in [4.69, 9.17) is 4.74 Å². The molecule has 2 atom stereocenters. The van der Waals surface area contributed by atoms with Crippen LogP contribution in [0.5, 0.6) is 5.75 Å². The third-order valence-electron chi connectivity index (χ3n) is 7.49. The predicted molar refractivity (Wildman–Crippen MR) is 150 cm³/mol. The molecule has 2 unspecified atom stereocenters. The summed E-state index contributed by atoms with van der Waals surface area (Å²) in [6.07, 6.45) is 22.5. The van der Waals surface area contributed by atoms with Crippen LogP contribution in [0, 0.1) is 5.92 Å². The van der Waals surface area contributed by atoms with E-state index in [0.717, 1.165) is 56.9 Å². The third kappa shape index (κ3) is 16.0. The van der Waals surface area contributed by atoms with E-state index in [0.29, 0.717) is 30.6 Å². The number of phenolic OH excluding ortho intramolecular Hbond substituents is 1. The van der Waals surface area contributed by atoms with Crippen LogP contribution in [-0.4, -0.2) is 17.7 Å². The first-order valence-electron chi connectivity index (χ1n) is 15.1. The van der Waals surface area contributed by atoms with Gasteiger partial charge in [0.1, 0.15) is 5.75 Å². The van der Waals surface area contributed by atoms with Gasteiger partial charge in [-0.15, -0.1) is 0 Å². The minimum absolute atomic E-state index is 0.0262. The molecule has 0 amide bonds. The van der Waals surface area contributed by atoms with Crippen molar-refractivity contribution in [3.05, 3.63) is 29.8 Å². The molecule has 1 N–H and O–H groups in total. The molecule has 0 aliphatic carbocycles. The number of aromatic hydroxyl groups is 1. The second-order valence-electron chi connectivity index (χ2n) is 10.6. The molecule has 0 aromatic heterocycles. The van der Waals surface area contributed by atoms with Gasteiger partial charge in [-0.3, -0.25) is 4.79 Å². The van der Waals surface area contributed by atoms with Gasteiger partial charge in [0.15, 0.2) is 0 Å². The summed E-state index contributed by atoms with van der Waals surface area (Å²) in [5.41, 5.74) is 1.12. The zero-order chi connectivity index (χ0) is 25.6. The van der Waals surface area contributed by atoms with Gasteiger partial charge in [0.25, 0.3) is 0 Å². The van der Waals surface area contributed by atoms with Crippen molar-refractivity contribution in [3.8, 4) is 5.75 Å². The Morgan fingerprint density at radius 1 is 0.743 bits per heavy atom. The van der Waals surface area contributed by atoms with E-state index >= 15 is 0 Å². The van der Waals surface area contributed by atoms with Crippen LogP contribution in [0.15, 0.2) is 24.3 Å². The summed E-state index contributed by atoms with van der Waals surface area (Å²) in [6.45, 7) is 7.26. The summed E-state index contributed by atoms with van der Waals surface area (Å²) in [7, 11) is 0. The van der Waals surface area contributed by atoms with Crippen LogP contribution in [0.1, 0.15) is 154 Å². The lowest BCUT2D eigenvalue weighted by Crippen LogP contribution is -2.13. The van der Waals surface area contributed by atoms with Gasteiger partial charge < -0.3 is 9.84 Å². The van der Waals surface area contributed by atoms with Crippen molar-refractivity contribution in [3.63, 3.8) is 0 Å². The molecule has 3 nitrogen and oxygen atoms in total. The third-order valence-corrected chi connectivity index (χ3v) is 7.49. The number of hydrogen-bond acceptors (Lipinski definition) is 3. The van der Waals surface area contributed by atoms with Gasteiger partial charge in [0.05, 0.1) is 6.61 Å². The van der Waals surface area contributed by atoms with Gasteiger partial charge in [0.2, 0.25) is 0 Å². The monoisotopic (exact) mass is 488 g/mol. The molecule has 0 saturated carbocycles. The lowest BCUT2D eigenvalue weighted by molar-refractivity contribution is -0.145. The Kier molecular flexibility index (Phi) is 19.6. The van der Waals surface area contributed by atoms with Crippen molar-refractivity contribution < 1.29 is 14.6 Å². The lowest BCUT2D eigenvalue weighted by Gasteiger charge is -2.19. The van der Waals surface area contributed by atoms with Gasteiger partial charge in [-0.25, -0.2) is 0 Å². The van der Waals surface area contributed by atoms with E-state index < -0.39 is 0 Å². The molecule has 0 heterocycles. The minimum Gasteiger partial charge on any atom is -0.508 e. The van der Waals surface area contributed by atoms with E-state index in [1.807, 2.05) is 18.2 Å². The molecular formula is C32H56O3. The Hall–Kier alpha value is -1.51. The highest BCUT2D eigenvalue weighted by molar-refractivity contribution is 5.69. The van der Waals surface area contributed by atoms with Crippen molar-refractivity contribution >= 4 is 5.97 Å². The highest BCUT2D eigenvalue weighted by atomic mass is 16.5. The molecule has 1 aromatic carbocycles. The fourth-order valence-electron chi connectivity index (χ4n) is 5.01. The van der Waals surface area contributed by atoms with E-state index in [2.05, 4.69) is 26.8 Å². The second-order valence-corrected chi connectivity index (χ2v) is 10.6. The Morgan fingerprint density at radius 3 is 1.91 bits per heavy atom. The zero-order valence-electron chi connectivity index (χ0n) is 23.4. The summed E-state index contributed by atoms with van der Waals surface area (Å²) in [6, 6.07) is 7.89. The molecule has 0 saturated heterocycles. The topological polar surface area (TPSA) is 46.5 Å². The first kappa shape index (κ1) is 31.5. The van der Waals surface area contributed by atoms with Gasteiger partial charge in [-0.2, -0.15) is 0 Å². The smallest absolute Gasteiger partial charge is 0.305 e. The van der Waals surface area contributed by atoms with Crippen LogP contribution in [0.4, 0.5) is 0 Å². The molecule has 1 aromatic rings. The first-order chi connectivity index (χ1) is 17.1. The Balaban J connectivity index is 2.26. The average Bonchev–Trinajstić information content (AvgIpc) is 2.87. The van der Waals surface area contributed by atoms with Crippen LogP contribution >= 0.6 is 0 Å². The Morgan fingerprint density at radius 2 is 1.31 bits per heavy atom. The summed E-state index contributed by atoms with van der Waals surface area (Å²) < 4.78 is 5.53. The van der Waals surface area contributed by atoms with Crippen molar-refractivity contribution in [1.29, 1.82) is 0 Å². The van der Waals surface area contributed by atoms with Gasteiger partial charge in [0, 0.05) is 6.42 Å². The molecule has 3 heteroatoms. The van der Waals surface area contributed by atoms with Gasteiger partial charge in [-0.05, 0) is 49.1 Å². The van der Waals surface area contributed by atoms with Crippen LogP contribution in [0.25, 0.3) is 0 Å². The maximum atomic E-state index is 12.1. The highest BCUT2D eigenvalue weighted by Crippen LogP contribution is 2.34. The van der Waals surface area contributed by atoms with E-state index in [9.17, 15) is 9.90 Å². The van der Waals surface area contributed by atoms with Crippen LogP contribution in [0.2, 0.25) is 0 Å². The molecule has 0 bridgehead atoms. The molecule has 0 radical (unpaired) electrons. The number of phenols is 1. The fourth-order valence-corrected chi connectivity index (χ4v) is 5.01. The quantitative estimate of drug-likeness (QED) is 0.123. The molecule has 1 rings (SSSR count). The number of carbonyl (C=O) groups is 1. The van der Waals surface area contributed by atoms with Gasteiger partial charge in [-0.1, -0.05) is 129 Å². The molecule has 0 spiro atoms. The number of ether oxygens (including phenoxy) is 1. The highest BCUT2D eigenvalue weighted by Gasteiger charge is 2.15. The molecule has 0 aliphatic rings. The molecule has 0 aliphatic heterocycles. The summed E-state index contributed by atoms with van der Waals surface area (Å²) in [4.78, 5) is 12.1. The Labute approximate surface area is 217 Å². The normalized spacial score (nSPS) is 13.0. The van der Waals surface area contributed by atoms with Crippen LogP contribution < -0.4 is 0 Å². The minimum atomic E-state index is -0.0262. The SMILES string of the molecule is CCCCCCCCCCC(CCCCCCC(=O)OCC(CC)CCCC)c1ccccc1O. The molecule has 35 heavy (non-hydrogen) atoms.